The molecule has 0 heterocycles. The lowest BCUT2D eigenvalue weighted by molar-refractivity contribution is -0.118. The fraction of sp³-hybridized carbons (Fsp3) is 0.556. The van der Waals surface area contributed by atoms with E-state index in [1.54, 1.807) is 12.1 Å². The zero-order chi connectivity index (χ0) is 17.1. The Morgan fingerprint density at radius 1 is 1.04 bits per heavy atom. The zero-order valence-corrected chi connectivity index (χ0v) is 14.3. The lowest BCUT2D eigenvalue weighted by Gasteiger charge is -2.21. The predicted molar refractivity (Wildman–Crippen MR) is 94.2 cm³/mol. The van der Waals surface area contributed by atoms with Gasteiger partial charge < -0.3 is 11.1 Å². The van der Waals surface area contributed by atoms with Gasteiger partial charge in [0, 0.05) is 5.69 Å². The maximum absolute atomic E-state index is 12.2. The highest BCUT2D eigenvalue weighted by atomic mass is 16.2. The Morgan fingerprint density at radius 3 is 2.09 bits per heavy atom. The molecular weight excluding hydrogens is 290 g/mol. The number of amides is 2. The van der Waals surface area contributed by atoms with E-state index in [4.69, 9.17) is 5.73 Å². The number of nitrogens with one attached hydrogen (secondary N) is 1. The summed E-state index contributed by atoms with van der Waals surface area (Å²) in [6, 6.07) is 7.23. The molecule has 23 heavy (non-hydrogen) atoms. The quantitative estimate of drug-likeness (QED) is 0.658. The van der Waals surface area contributed by atoms with Crippen molar-refractivity contribution in [3.63, 3.8) is 0 Å². The molecule has 5 heteroatoms. The molecule has 0 aliphatic carbocycles. The molecule has 0 spiro atoms. The lowest BCUT2D eigenvalue weighted by atomic mass is 10.1. The van der Waals surface area contributed by atoms with Gasteiger partial charge in [0.05, 0.1) is 13.0 Å². The van der Waals surface area contributed by atoms with Crippen LogP contribution in [0.3, 0.4) is 0 Å². The van der Waals surface area contributed by atoms with E-state index in [2.05, 4.69) is 24.1 Å². The molecule has 1 rings (SSSR count). The number of primary amides is 1. The van der Waals surface area contributed by atoms with Crippen molar-refractivity contribution < 1.29 is 9.59 Å². The molecule has 0 aliphatic heterocycles. The molecule has 0 unspecified atom stereocenters. The first kappa shape index (κ1) is 19.2. The van der Waals surface area contributed by atoms with E-state index in [1.807, 2.05) is 12.1 Å². The van der Waals surface area contributed by atoms with Gasteiger partial charge in [-0.05, 0) is 43.6 Å². The van der Waals surface area contributed by atoms with E-state index >= 15 is 0 Å². The van der Waals surface area contributed by atoms with Crippen LogP contribution in [0.4, 0.5) is 5.69 Å². The Labute approximate surface area is 139 Å². The standard InChI is InChI=1S/C18H29N3O2/c1-3-5-11-21(12-6-4-2)14-18(23)20-16-9-7-15(8-10-16)13-17(19)22/h7-10H,3-6,11-14H2,1-2H3,(H2,19,22)(H,20,23). The van der Waals surface area contributed by atoms with Crippen molar-refractivity contribution in [2.24, 2.45) is 5.73 Å². The van der Waals surface area contributed by atoms with E-state index in [1.165, 1.54) is 0 Å². The van der Waals surface area contributed by atoms with Gasteiger partial charge in [0.25, 0.3) is 0 Å². The third kappa shape index (κ3) is 8.35. The molecule has 1 aromatic carbocycles. The van der Waals surface area contributed by atoms with Gasteiger partial charge in [0.15, 0.2) is 0 Å². The summed E-state index contributed by atoms with van der Waals surface area (Å²) < 4.78 is 0. The molecular formula is C18H29N3O2. The second-order valence-corrected chi connectivity index (χ2v) is 5.87. The molecule has 0 saturated heterocycles. The van der Waals surface area contributed by atoms with Crippen LogP contribution in [0, 0.1) is 0 Å². The number of nitrogens with two attached hydrogens (primary N) is 1. The van der Waals surface area contributed by atoms with Crippen molar-refractivity contribution in [3.05, 3.63) is 29.8 Å². The van der Waals surface area contributed by atoms with E-state index < -0.39 is 0 Å². The first-order valence-corrected chi connectivity index (χ1v) is 8.44. The molecule has 0 atom stereocenters. The summed E-state index contributed by atoms with van der Waals surface area (Å²) in [7, 11) is 0. The Balaban J connectivity index is 2.50. The summed E-state index contributed by atoms with van der Waals surface area (Å²) in [4.78, 5) is 25.3. The second kappa shape index (κ2) is 10.8. The third-order valence-corrected chi connectivity index (χ3v) is 3.64. The van der Waals surface area contributed by atoms with Gasteiger partial charge in [0.1, 0.15) is 0 Å². The topological polar surface area (TPSA) is 75.4 Å². The van der Waals surface area contributed by atoms with Crippen LogP contribution < -0.4 is 11.1 Å². The maximum Gasteiger partial charge on any atom is 0.238 e. The third-order valence-electron chi connectivity index (χ3n) is 3.64. The summed E-state index contributed by atoms with van der Waals surface area (Å²) >= 11 is 0. The Bertz CT molecular complexity index is 478. The van der Waals surface area contributed by atoms with Crippen molar-refractivity contribution >= 4 is 17.5 Å². The van der Waals surface area contributed by atoms with Gasteiger partial charge in [-0.3, -0.25) is 14.5 Å². The zero-order valence-electron chi connectivity index (χ0n) is 14.3. The number of hydrogen-bond donors (Lipinski definition) is 2. The fourth-order valence-corrected chi connectivity index (χ4v) is 2.34. The van der Waals surface area contributed by atoms with Gasteiger partial charge in [-0.15, -0.1) is 0 Å². The minimum Gasteiger partial charge on any atom is -0.369 e. The van der Waals surface area contributed by atoms with Crippen LogP contribution in [0.2, 0.25) is 0 Å². The number of hydrogen-bond acceptors (Lipinski definition) is 3. The van der Waals surface area contributed by atoms with Crippen molar-refractivity contribution in [2.45, 2.75) is 46.0 Å². The van der Waals surface area contributed by atoms with E-state index in [9.17, 15) is 9.59 Å². The van der Waals surface area contributed by atoms with Gasteiger partial charge >= 0.3 is 0 Å². The average molecular weight is 319 g/mol. The Morgan fingerprint density at radius 2 is 1.61 bits per heavy atom. The first-order valence-electron chi connectivity index (χ1n) is 8.44. The molecule has 3 N–H and O–H groups in total. The smallest absolute Gasteiger partial charge is 0.238 e. The van der Waals surface area contributed by atoms with Crippen LogP contribution >= 0.6 is 0 Å². The van der Waals surface area contributed by atoms with E-state index in [0.29, 0.717) is 6.54 Å². The van der Waals surface area contributed by atoms with Crippen molar-refractivity contribution in [1.82, 2.24) is 4.90 Å². The molecule has 0 radical (unpaired) electrons. The van der Waals surface area contributed by atoms with Crippen molar-refractivity contribution in [1.29, 1.82) is 0 Å². The van der Waals surface area contributed by atoms with Gasteiger partial charge in [-0.25, -0.2) is 0 Å². The molecule has 0 fully saturated rings. The fourth-order valence-electron chi connectivity index (χ4n) is 2.34. The van der Waals surface area contributed by atoms with Crippen LogP contribution in [-0.4, -0.2) is 36.3 Å². The average Bonchev–Trinajstić information content (AvgIpc) is 2.51. The van der Waals surface area contributed by atoms with Gasteiger partial charge in [0.2, 0.25) is 11.8 Å². The minimum absolute atomic E-state index is 0.000132. The molecule has 0 aliphatic rings. The van der Waals surface area contributed by atoms with Crippen LogP contribution in [0.15, 0.2) is 24.3 Å². The van der Waals surface area contributed by atoms with Crippen molar-refractivity contribution in [2.75, 3.05) is 25.0 Å². The molecule has 5 nitrogen and oxygen atoms in total. The Kier molecular flexibility index (Phi) is 8.98. The highest BCUT2D eigenvalue weighted by molar-refractivity contribution is 5.92. The Hall–Kier alpha value is -1.88. The van der Waals surface area contributed by atoms with Crippen LogP contribution in [0.1, 0.15) is 45.1 Å². The molecule has 2 amide bonds. The van der Waals surface area contributed by atoms with E-state index in [0.717, 1.165) is 50.0 Å². The summed E-state index contributed by atoms with van der Waals surface area (Å²) in [5, 5.41) is 2.91. The van der Waals surface area contributed by atoms with Crippen LogP contribution in [0.25, 0.3) is 0 Å². The monoisotopic (exact) mass is 319 g/mol. The maximum atomic E-state index is 12.2. The summed E-state index contributed by atoms with van der Waals surface area (Å²) in [6.07, 6.45) is 4.70. The van der Waals surface area contributed by atoms with Gasteiger partial charge in [-0.2, -0.15) is 0 Å². The van der Waals surface area contributed by atoms with Crippen molar-refractivity contribution in [3.8, 4) is 0 Å². The number of unbranched alkanes of at least 4 members (excludes halogenated alkanes) is 2. The molecule has 0 saturated carbocycles. The number of carbonyl (C=O) groups is 2. The predicted octanol–water partition coefficient (Wildman–Crippen LogP) is 2.56. The highest BCUT2D eigenvalue weighted by Crippen LogP contribution is 2.10. The molecule has 0 bridgehead atoms. The van der Waals surface area contributed by atoms with Crippen LogP contribution in [0.5, 0.6) is 0 Å². The molecule has 1 aromatic rings. The summed E-state index contributed by atoms with van der Waals surface area (Å²) in [6.45, 7) is 6.66. The number of carbonyl (C=O) groups excluding carboxylic acids is 2. The minimum atomic E-state index is -0.357. The SMILES string of the molecule is CCCCN(CCCC)CC(=O)Nc1ccc(CC(N)=O)cc1. The lowest BCUT2D eigenvalue weighted by Crippen LogP contribution is -2.34. The largest absolute Gasteiger partial charge is 0.369 e. The first-order chi connectivity index (χ1) is 11.0. The number of rotatable bonds is 11. The van der Waals surface area contributed by atoms with Gasteiger partial charge in [-0.1, -0.05) is 38.8 Å². The number of nitrogens with zero attached hydrogens (tertiary/aromatic N) is 1. The number of benzene rings is 1. The normalized spacial score (nSPS) is 10.7. The highest BCUT2D eigenvalue weighted by Gasteiger charge is 2.10. The molecule has 0 aromatic heterocycles. The van der Waals surface area contributed by atoms with Crippen LogP contribution in [-0.2, 0) is 16.0 Å². The number of anilines is 1. The second-order valence-electron chi connectivity index (χ2n) is 5.87. The summed E-state index contributed by atoms with van der Waals surface area (Å²) in [5.74, 6) is -0.357. The van der Waals surface area contributed by atoms with E-state index in [-0.39, 0.29) is 18.2 Å². The summed E-state index contributed by atoms with van der Waals surface area (Å²) in [5.41, 5.74) is 6.76. The molecule has 128 valence electrons.